The minimum absolute atomic E-state index is 0.227. The van der Waals surface area contributed by atoms with E-state index in [1.807, 2.05) is 29.2 Å². The Balaban J connectivity index is 1.48. The van der Waals surface area contributed by atoms with Gasteiger partial charge in [0.15, 0.2) is 0 Å². The van der Waals surface area contributed by atoms with Crippen LogP contribution in [0.1, 0.15) is 30.9 Å². The van der Waals surface area contributed by atoms with E-state index in [1.165, 1.54) is 17.0 Å². The highest BCUT2D eigenvalue weighted by Gasteiger charge is 2.31. The molecule has 7 heteroatoms. The van der Waals surface area contributed by atoms with Gasteiger partial charge in [0, 0.05) is 5.69 Å². The maximum absolute atomic E-state index is 12.9. The summed E-state index contributed by atoms with van der Waals surface area (Å²) < 4.78 is 44.7. The van der Waals surface area contributed by atoms with Crippen LogP contribution < -0.4 is 14.5 Å². The van der Waals surface area contributed by atoms with Crippen molar-refractivity contribution in [3.05, 3.63) is 59.7 Å². The molecule has 3 rings (SSSR count). The van der Waals surface area contributed by atoms with E-state index in [1.54, 1.807) is 6.07 Å². The van der Waals surface area contributed by atoms with Gasteiger partial charge in [-0.3, -0.25) is 0 Å². The molecule has 1 saturated heterocycles. The number of rotatable bonds is 7. The van der Waals surface area contributed by atoms with Crippen LogP contribution in [0.15, 0.2) is 48.5 Å². The van der Waals surface area contributed by atoms with Gasteiger partial charge in [-0.1, -0.05) is 38.1 Å². The number of quaternary nitrogens is 1. The molecule has 0 bridgehead atoms. The average Bonchev–Trinajstić information content (AvgIpc) is 2.72. The Bertz CT molecular complexity index is 818. The molecule has 2 N–H and O–H groups in total. The van der Waals surface area contributed by atoms with Crippen LogP contribution in [0.2, 0.25) is 0 Å². The highest BCUT2D eigenvalue weighted by atomic mass is 19.4. The molecule has 1 heterocycles. The van der Waals surface area contributed by atoms with Crippen molar-refractivity contribution in [3.8, 4) is 5.75 Å². The largest absolute Gasteiger partial charge is 0.490 e. The number of aliphatic hydroxyl groups is 1. The highest BCUT2D eigenvalue weighted by Crippen LogP contribution is 2.31. The van der Waals surface area contributed by atoms with Gasteiger partial charge in [-0.15, -0.1) is 0 Å². The first-order chi connectivity index (χ1) is 14.2. The smallest absolute Gasteiger partial charge is 0.416 e. The van der Waals surface area contributed by atoms with E-state index in [-0.39, 0.29) is 6.61 Å². The standard InChI is InChI=1S/C23H29F3N2O2/c1-17(2)21-8-3-4-9-22(21)30-16-20(29)15-27-10-12-28(13-11-27)19-7-5-6-18(14-19)23(24,25)26/h3-9,14,17,20,29H,10-13,15-16H2,1-2H3/p+1/t20-/m0/s1. The zero-order chi connectivity index (χ0) is 21.7. The second-order valence-corrected chi connectivity index (χ2v) is 8.15. The summed E-state index contributed by atoms with van der Waals surface area (Å²) in [5, 5.41) is 10.4. The van der Waals surface area contributed by atoms with Crippen molar-refractivity contribution in [2.24, 2.45) is 0 Å². The van der Waals surface area contributed by atoms with Crippen molar-refractivity contribution < 1.29 is 27.9 Å². The van der Waals surface area contributed by atoms with Crippen LogP contribution in [0.3, 0.4) is 0 Å². The molecular weight excluding hydrogens is 393 g/mol. The zero-order valence-corrected chi connectivity index (χ0v) is 17.5. The minimum atomic E-state index is -4.33. The Morgan fingerprint density at radius 1 is 1.07 bits per heavy atom. The summed E-state index contributed by atoms with van der Waals surface area (Å²) in [6.07, 6.45) is -4.93. The fourth-order valence-electron chi connectivity index (χ4n) is 3.83. The van der Waals surface area contributed by atoms with E-state index < -0.39 is 17.8 Å². The normalized spacial score (nSPS) is 16.7. The van der Waals surface area contributed by atoms with Gasteiger partial charge < -0.3 is 19.6 Å². The Hall–Kier alpha value is -2.25. The van der Waals surface area contributed by atoms with Crippen molar-refractivity contribution in [2.45, 2.75) is 32.0 Å². The van der Waals surface area contributed by atoms with Crippen LogP contribution in [0.25, 0.3) is 0 Å². The maximum atomic E-state index is 12.9. The van der Waals surface area contributed by atoms with E-state index in [0.717, 1.165) is 30.5 Å². The first-order valence-electron chi connectivity index (χ1n) is 10.4. The number of nitrogens with one attached hydrogen (secondary N) is 1. The van der Waals surface area contributed by atoms with Gasteiger partial charge in [0.25, 0.3) is 0 Å². The van der Waals surface area contributed by atoms with Crippen LogP contribution in [-0.2, 0) is 6.18 Å². The fourth-order valence-corrected chi connectivity index (χ4v) is 3.83. The molecule has 30 heavy (non-hydrogen) atoms. The average molecular weight is 423 g/mol. The predicted molar refractivity (Wildman–Crippen MR) is 111 cm³/mol. The Kier molecular flexibility index (Phi) is 7.26. The molecule has 0 radical (unpaired) electrons. The SMILES string of the molecule is CC(C)c1ccccc1OC[C@@H](O)C[NH+]1CCN(c2cccc(C(F)(F)F)c2)CC1. The van der Waals surface area contributed by atoms with E-state index in [4.69, 9.17) is 4.74 Å². The quantitative estimate of drug-likeness (QED) is 0.719. The number of nitrogens with zero attached hydrogens (tertiary/aromatic N) is 1. The summed E-state index contributed by atoms with van der Waals surface area (Å²) in [5.41, 5.74) is 1.09. The lowest BCUT2D eigenvalue weighted by molar-refractivity contribution is -0.903. The molecule has 4 nitrogen and oxygen atoms in total. The molecule has 2 aromatic rings. The summed E-state index contributed by atoms with van der Waals surface area (Å²) >= 11 is 0. The predicted octanol–water partition coefficient (Wildman–Crippen LogP) is 2.97. The Morgan fingerprint density at radius 2 is 1.77 bits per heavy atom. The Labute approximate surface area is 175 Å². The summed E-state index contributed by atoms with van der Waals surface area (Å²) in [7, 11) is 0. The van der Waals surface area contributed by atoms with Gasteiger partial charge in [-0.05, 0) is 35.7 Å². The molecule has 2 aromatic carbocycles. The van der Waals surface area contributed by atoms with Crippen molar-refractivity contribution >= 4 is 5.69 Å². The molecule has 0 amide bonds. The van der Waals surface area contributed by atoms with Crippen molar-refractivity contribution in [2.75, 3.05) is 44.2 Å². The number of hydrogen-bond donors (Lipinski definition) is 2. The van der Waals surface area contributed by atoms with Crippen LogP contribution in [0, 0.1) is 0 Å². The zero-order valence-electron chi connectivity index (χ0n) is 17.5. The molecule has 1 aliphatic rings. The number of alkyl halides is 3. The lowest BCUT2D eigenvalue weighted by atomic mass is 10.0. The van der Waals surface area contributed by atoms with Gasteiger partial charge in [0.05, 0.1) is 31.7 Å². The molecule has 164 valence electrons. The van der Waals surface area contributed by atoms with E-state index in [9.17, 15) is 18.3 Å². The molecule has 0 unspecified atom stereocenters. The molecule has 0 aliphatic carbocycles. The van der Waals surface area contributed by atoms with Gasteiger partial charge >= 0.3 is 6.18 Å². The summed E-state index contributed by atoms with van der Waals surface area (Å²) in [5.74, 6) is 1.14. The molecule has 1 aliphatic heterocycles. The van der Waals surface area contributed by atoms with Crippen molar-refractivity contribution in [1.82, 2.24) is 0 Å². The van der Waals surface area contributed by atoms with Gasteiger partial charge in [-0.25, -0.2) is 0 Å². The second kappa shape index (κ2) is 9.71. The van der Waals surface area contributed by atoms with E-state index >= 15 is 0 Å². The van der Waals surface area contributed by atoms with Crippen LogP contribution in [0.5, 0.6) is 5.75 Å². The fraction of sp³-hybridized carbons (Fsp3) is 0.478. The third kappa shape index (κ3) is 5.89. The van der Waals surface area contributed by atoms with Gasteiger partial charge in [0.2, 0.25) is 0 Å². The number of piperazine rings is 1. The topological polar surface area (TPSA) is 37.1 Å². The maximum Gasteiger partial charge on any atom is 0.416 e. The molecular formula is C23H30F3N2O2+. The summed E-state index contributed by atoms with van der Waals surface area (Å²) in [6, 6.07) is 13.3. The molecule has 0 aromatic heterocycles. The number of anilines is 1. The highest BCUT2D eigenvalue weighted by molar-refractivity contribution is 5.49. The Morgan fingerprint density at radius 3 is 2.43 bits per heavy atom. The number of aliphatic hydroxyl groups excluding tert-OH is 1. The van der Waals surface area contributed by atoms with Crippen LogP contribution in [-0.4, -0.2) is 50.5 Å². The number of halogens is 3. The summed E-state index contributed by atoms with van der Waals surface area (Å²) in [4.78, 5) is 3.20. The van der Waals surface area contributed by atoms with Crippen LogP contribution in [0.4, 0.5) is 18.9 Å². The van der Waals surface area contributed by atoms with E-state index in [2.05, 4.69) is 13.8 Å². The van der Waals surface area contributed by atoms with Crippen molar-refractivity contribution in [1.29, 1.82) is 0 Å². The van der Waals surface area contributed by atoms with Crippen molar-refractivity contribution in [3.63, 3.8) is 0 Å². The molecule has 0 spiro atoms. The molecule has 1 atom stereocenters. The second-order valence-electron chi connectivity index (χ2n) is 8.15. The number of hydrogen-bond acceptors (Lipinski definition) is 3. The van der Waals surface area contributed by atoms with Gasteiger partial charge in [0.1, 0.15) is 25.0 Å². The third-order valence-electron chi connectivity index (χ3n) is 5.51. The van der Waals surface area contributed by atoms with Gasteiger partial charge in [-0.2, -0.15) is 13.2 Å². The van der Waals surface area contributed by atoms with Crippen LogP contribution >= 0.6 is 0 Å². The lowest BCUT2D eigenvalue weighted by Crippen LogP contribution is -3.16. The molecule has 1 fully saturated rings. The molecule has 0 saturated carbocycles. The summed E-state index contributed by atoms with van der Waals surface area (Å²) in [6.45, 7) is 7.82. The first kappa shape index (κ1) is 22.4. The number of para-hydroxylation sites is 1. The number of benzene rings is 2. The third-order valence-corrected chi connectivity index (χ3v) is 5.51. The first-order valence-corrected chi connectivity index (χ1v) is 10.4. The minimum Gasteiger partial charge on any atom is -0.490 e. The monoisotopic (exact) mass is 423 g/mol. The number of ether oxygens (including phenoxy) is 1. The lowest BCUT2D eigenvalue weighted by Gasteiger charge is -2.34. The van der Waals surface area contributed by atoms with E-state index in [0.29, 0.717) is 31.2 Å².